The molecule has 8 heteroatoms. The third kappa shape index (κ3) is 6.81. The van der Waals surface area contributed by atoms with Crippen LogP contribution >= 0.6 is 30.6 Å². The molecule has 0 saturated heterocycles. The SMILES string of the molecule is CCOP(C)(=O)C(CCN(OCc1ccc2ccccc2c1)C(C)=O)c1ccc(Cl)c(Cl)c1. The molecule has 1 amide bonds. The van der Waals surface area contributed by atoms with Crippen LogP contribution in [0.3, 0.4) is 0 Å². The molecule has 0 fully saturated rings. The van der Waals surface area contributed by atoms with Gasteiger partial charge in [-0.3, -0.25) is 14.2 Å². The molecule has 0 aromatic heterocycles. The van der Waals surface area contributed by atoms with Gasteiger partial charge in [-0.05, 0) is 53.4 Å². The molecule has 0 heterocycles. The van der Waals surface area contributed by atoms with E-state index in [1.165, 1.54) is 12.0 Å². The molecule has 0 spiro atoms. The van der Waals surface area contributed by atoms with Gasteiger partial charge in [0.1, 0.15) is 6.61 Å². The minimum atomic E-state index is -3.05. The number of hydrogen-bond donors (Lipinski definition) is 0. The minimum Gasteiger partial charge on any atom is -0.329 e. The zero-order valence-electron chi connectivity index (χ0n) is 19.0. The Morgan fingerprint density at radius 2 is 1.76 bits per heavy atom. The number of nitrogens with zero attached hydrogens (tertiary/aromatic N) is 1. The second-order valence-corrected chi connectivity index (χ2v) is 11.4. The van der Waals surface area contributed by atoms with E-state index in [4.69, 9.17) is 32.6 Å². The van der Waals surface area contributed by atoms with Crippen molar-refractivity contribution in [3.8, 4) is 0 Å². The Labute approximate surface area is 205 Å². The van der Waals surface area contributed by atoms with Crippen molar-refractivity contribution in [1.29, 1.82) is 0 Å². The highest BCUT2D eigenvalue weighted by atomic mass is 35.5. The molecule has 2 atom stereocenters. The monoisotopic (exact) mass is 507 g/mol. The van der Waals surface area contributed by atoms with Crippen molar-refractivity contribution in [3.63, 3.8) is 0 Å². The number of hydrogen-bond acceptors (Lipinski definition) is 4. The molecule has 0 aliphatic heterocycles. The molecule has 33 heavy (non-hydrogen) atoms. The summed E-state index contributed by atoms with van der Waals surface area (Å²) < 4.78 is 19.0. The van der Waals surface area contributed by atoms with Crippen LogP contribution in [0, 0.1) is 0 Å². The Morgan fingerprint density at radius 3 is 2.42 bits per heavy atom. The quantitative estimate of drug-likeness (QED) is 0.210. The van der Waals surface area contributed by atoms with Crippen LogP contribution in [-0.2, 0) is 25.3 Å². The Hall–Kier alpha value is -1.88. The minimum absolute atomic E-state index is 0.231. The Bertz CT molecular complexity index is 1170. The molecule has 0 saturated carbocycles. The van der Waals surface area contributed by atoms with Crippen molar-refractivity contribution in [1.82, 2.24) is 5.06 Å². The predicted molar refractivity (Wildman–Crippen MR) is 135 cm³/mol. The molecule has 176 valence electrons. The summed E-state index contributed by atoms with van der Waals surface area (Å²) in [6, 6.07) is 19.3. The zero-order chi connectivity index (χ0) is 24.0. The molecule has 0 N–H and O–H groups in total. The average Bonchev–Trinajstić information content (AvgIpc) is 2.77. The first-order valence-electron chi connectivity index (χ1n) is 10.8. The lowest BCUT2D eigenvalue weighted by Crippen LogP contribution is -2.30. The molecule has 0 bridgehead atoms. The summed E-state index contributed by atoms with van der Waals surface area (Å²) in [4.78, 5) is 18.1. The first-order chi connectivity index (χ1) is 15.7. The van der Waals surface area contributed by atoms with E-state index in [0.717, 1.165) is 21.9 Å². The van der Waals surface area contributed by atoms with E-state index in [0.29, 0.717) is 23.1 Å². The number of carbonyl (C=O) groups excluding carboxylic acids is 1. The highest BCUT2D eigenvalue weighted by molar-refractivity contribution is 7.58. The maximum Gasteiger partial charge on any atom is 0.243 e. The van der Waals surface area contributed by atoms with Crippen molar-refractivity contribution in [2.45, 2.75) is 32.5 Å². The van der Waals surface area contributed by atoms with E-state index in [1.54, 1.807) is 31.8 Å². The lowest BCUT2D eigenvalue weighted by molar-refractivity contribution is -0.189. The molecule has 2 unspecified atom stereocenters. The van der Waals surface area contributed by atoms with E-state index >= 15 is 0 Å². The van der Waals surface area contributed by atoms with Crippen LogP contribution in [-0.4, -0.2) is 30.8 Å². The summed E-state index contributed by atoms with van der Waals surface area (Å²) in [5.74, 6) is -0.231. The molecular weight excluding hydrogens is 480 g/mol. The van der Waals surface area contributed by atoms with Crippen molar-refractivity contribution < 1.29 is 18.7 Å². The second kappa shape index (κ2) is 11.5. The van der Waals surface area contributed by atoms with E-state index in [9.17, 15) is 9.36 Å². The largest absolute Gasteiger partial charge is 0.329 e. The normalized spacial score (nSPS) is 14.1. The highest BCUT2D eigenvalue weighted by Crippen LogP contribution is 2.59. The van der Waals surface area contributed by atoms with Crippen LogP contribution in [0.25, 0.3) is 10.8 Å². The fourth-order valence-corrected chi connectivity index (χ4v) is 6.06. The van der Waals surface area contributed by atoms with Gasteiger partial charge in [-0.2, -0.15) is 0 Å². The van der Waals surface area contributed by atoms with Gasteiger partial charge in [0.2, 0.25) is 13.3 Å². The molecule has 5 nitrogen and oxygen atoms in total. The van der Waals surface area contributed by atoms with Gasteiger partial charge in [0.25, 0.3) is 0 Å². The summed E-state index contributed by atoms with van der Waals surface area (Å²) >= 11 is 12.3. The van der Waals surface area contributed by atoms with Gasteiger partial charge in [-0.1, -0.05) is 65.7 Å². The van der Waals surface area contributed by atoms with Crippen molar-refractivity contribution >= 4 is 47.3 Å². The smallest absolute Gasteiger partial charge is 0.243 e. The van der Waals surface area contributed by atoms with E-state index in [-0.39, 0.29) is 19.1 Å². The standard InChI is InChI=1S/C25H28Cl2NO4P/c1-4-32-33(3,30)25(22-11-12-23(26)24(27)16-22)13-14-28(18(2)29)31-17-19-9-10-20-7-5-6-8-21(20)15-19/h5-12,15-16,25H,4,13-14,17H2,1-3H3. The van der Waals surface area contributed by atoms with Crippen molar-refractivity contribution in [2.24, 2.45) is 0 Å². The maximum absolute atomic E-state index is 13.4. The van der Waals surface area contributed by atoms with Gasteiger partial charge >= 0.3 is 0 Å². The third-order valence-electron chi connectivity index (χ3n) is 5.44. The Kier molecular flexibility index (Phi) is 8.97. The lowest BCUT2D eigenvalue weighted by Gasteiger charge is -2.28. The van der Waals surface area contributed by atoms with Crippen molar-refractivity contribution in [2.75, 3.05) is 19.8 Å². The summed E-state index contributed by atoms with van der Waals surface area (Å²) in [5.41, 5.74) is 1.25. The summed E-state index contributed by atoms with van der Waals surface area (Å²) in [7, 11) is -3.05. The van der Waals surface area contributed by atoms with Crippen LogP contribution in [0.1, 0.15) is 37.1 Å². The van der Waals surface area contributed by atoms with Gasteiger partial charge in [-0.25, -0.2) is 5.06 Å². The summed E-state index contributed by atoms with van der Waals surface area (Å²) in [6.45, 7) is 5.67. The average molecular weight is 508 g/mol. The number of fused-ring (bicyclic) bond motifs is 1. The summed E-state index contributed by atoms with van der Waals surface area (Å²) in [5, 5.41) is 4.36. The van der Waals surface area contributed by atoms with Crippen LogP contribution in [0.5, 0.6) is 0 Å². The first kappa shape index (κ1) is 25.7. The molecule has 0 aliphatic rings. The number of benzene rings is 3. The van der Waals surface area contributed by atoms with Crippen LogP contribution in [0.15, 0.2) is 60.7 Å². The van der Waals surface area contributed by atoms with Crippen LogP contribution in [0.2, 0.25) is 10.0 Å². The number of carbonyl (C=O) groups is 1. The van der Waals surface area contributed by atoms with Gasteiger partial charge in [0, 0.05) is 20.1 Å². The Balaban J connectivity index is 1.74. The number of amides is 1. The Morgan fingerprint density at radius 1 is 1.03 bits per heavy atom. The predicted octanol–water partition coefficient (Wildman–Crippen LogP) is 7.50. The number of halogens is 2. The van der Waals surface area contributed by atoms with E-state index in [1.807, 2.05) is 42.5 Å². The topological polar surface area (TPSA) is 55.8 Å². The number of hydroxylamine groups is 2. The van der Waals surface area contributed by atoms with E-state index < -0.39 is 13.0 Å². The maximum atomic E-state index is 13.4. The van der Waals surface area contributed by atoms with Crippen LogP contribution in [0.4, 0.5) is 0 Å². The number of rotatable bonds is 10. The van der Waals surface area contributed by atoms with Gasteiger partial charge < -0.3 is 4.52 Å². The summed E-state index contributed by atoms with van der Waals surface area (Å²) in [6.07, 6.45) is 0.378. The first-order valence-corrected chi connectivity index (χ1v) is 13.7. The third-order valence-corrected chi connectivity index (χ3v) is 8.64. The second-order valence-electron chi connectivity index (χ2n) is 7.88. The lowest BCUT2D eigenvalue weighted by atomic mass is 10.1. The molecule has 3 aromatic rings. The fourth-order valence-electron chi connectivity index (χ4n) is 3.77. The molecule has 0 aliphatic carbocycles. The zero-order valence-corrected chi connectivity index (χ0v) is 21.4. The molecule has 0 radical (unpaired) electrons. The fraction of sp³-hybridized carbons (Fsp3) is 0.320. The molecular formula is C25H28Cl2NO4P. The highest BCUT2D eigenvalue weighted by Gasteiger charge is 2.31. The van der Waals surface area contributed by atoms with Gasteiger partial charge in [-0.15, -0.1) is 0 Å². The van der Waals surface area contributed by atoms with Crippen LogP contribution < -0.4 is 0 Å². The van der Waals surface area contributed by atoms with Gasteiger partial charge in [0.05, 0.1) is 22.3 Å². The molecule has 3 aromatic carbocycles. The van der Waals surface area contributed by atoms with Gasteiger partial charge in [0.15, 0.2) is 0 Å². The van der Waals surface area contributed by atoms with Crippen molar-refractivity contribution in [3.05, 3.63) is 81.8 Å². The van der Waals surface area contributed by atoms with E-state index in [2.05, 4.69) is 0 Å². The molecule has 3 rings (SSSR count).